The van der Waals surface area contributed by atoms with Crippen LogP contribution in [0.25, 0.3) is 5.65 Å². The van der Waals surface area contributed by atoms with E-state index in [1.807, 2.05) is 0 Å². The molecule has 2 aromatic rings. The fourth-order valence-electron chi connectivity index (χ4n) is 2.38. The fraction of sp³-hybridized carbons (Fsp3) is 0.455. The van der Waals surface area contributed by atoms with Crippen molar-refractivity contribution in [2.75, 3.05) is 11.4 Å². The molecule has 20 heavy (non-hydrogen) atoms. The van der Waals surface area contributed by atoms with Crippen LogP contribution in [0.3, 0.4) is 0 Å². The van der Waals surface area contributed by atoms with Gasteiger partial charge in [-0.05, 0) is 25.0 Å². The summed E-state index contributed by atoms with van der Waals surface area (Å²) in [6.45, 7) is 0.529. The largest absolute Gasteiger partial charge is 0.480 e. The van der Waals surface area contributed by atoms with Crippen LogP contribution in [-0.4, -0.2) is 43.5 Å². The number of alkyl halides is 2. The molecule has 106 valence electrons. The van der Waals surface area contributed by atoms with Crippen LogP contribution in [0, 0.1) is 0 Å². The molecule has 0 unspecified atom stereocenters. The summed E-state index contributed by atoms with van der Waals surface area (Å²) in [6, 6.07) is 2.39. The Morgan fingerprint density at radius 1 is 1.40 bits per heavy atom. The van der Waals surface area contributed by atoms with E-state index in [-0.39, 0.29) is 5.65 Å². The van der Waals surface area contributed by atoms with Crippen LogP contribution in [0.2, 0.25) is 0 Å². The molecule has 9 heteroatoms. The Hall–Kier alpha value is -2.32. The van der Waals surface area contributed by atoms with E-state index < -0.39 is 24.3 Å². The zero-order chi connectivity index (χ0) is 14.3. The van der Waals surface area contributed by atoms with Gasteiger partial charge in [-0.15, -0.1) is 15.3 Å². The van der Waals surface area contributed by atoms with Crippen molar-refractivity contribution >= 4 is 17.4 Å². The lowest BCUT2D eigenvalue weighted by atomic mass is 10.2. The van der Waals surface area contributed by atoms with Gasteiger partial charge in [-0.25, -0.2) is 13.6 Å². The van der Waals surface area contributed by atoms with Crippen LogP contribution in [0.4, 0.5) is 14.6 Å². The maximum Gasteiger partial charge on any atom is 0.326 e. The molecule has 1 aliphatic rings. The van der Waals surface area contributed by atoms with Gasteiger partial charge in [0.25, 0.3) is 6.43 Å². The molecule has 2 aromatic heterocycles. The molecule has 1 aliphatic heterocycles. The number of aromatic nitrogens is 4. The van der Waals surface area contributed by atoms with Gasteiger partial charge in [-0.3, -0.25) is 0 Å². The standard InChI is InChI=1S/C11H11F2N5O2/c12-9(13)10-15-14-7-3-4-8(16-18(7)10)17-5-1-2-6(17)11(19)20/h3-4,6,9H,1-2,5H2,(H,19,20)/t6-/m1/s1. The summed E-state index contributed by atoms with van der Waals surface area (Å²) < 4.78 is 26.5. The van der Waals surface area contributed by atoms with Gasteiger partial charge < -0.3 is 10.0 Å². The van der Waals surface area contributed by atoms with Gasteiger partial charge in [0, 0.05) is 6.54 Å². The Balaban J connectivity index is 2.04. The quantitative estimate of drug-likeness (QED) is 0.908. The van der Waals surface area contributed by atoms with E-state index in [9.17, 15) is 13.6 Å². The average molecular weight is 283 g/mol. The number of carboxylic acids is 1. The van der Waals surface area contributed by atoms with Crippen LogP contribution < -0.4 is 4.90 Å². The Morgan fingerprint density at radius 2 is 2.20 bits per heavy atom. The Kier molecular flexibility index (Phi) is 2.96. The monoisotopic (exact) mass is 283 g/mol. The third kappa shape index (κ3) is 1.95. The summed E-state index contributed by atoms with van der Waals surface area (Å²) >= 11 is 0. The van der Waals surface area contributed by atoms with Crippen LogP contribution in [0.15, 0.2) is 12.1 Å². The number of nitrogens with zero attached hydrogens (tertiary/aromatic N) is 5. The highest BCUT2D eigenvalue weighted by Crippen LogP contribution is 2.25. The molecule has 1 atom stereocenters. The molecular weight excluding hydrogens is 272 g/mol. The Morgan fingerprint density at radius 3 is 2.90 bits per heavy atom. The van der Waals surface area contributed by atoms with Crippen molar-refractivity contribution in [2.24, 2.45) is 0 Å². The van der Waals surface area contributed by atoms with E-state index in [0.717, 1.165) is 10.9 Å². The summed E-state index contributed by atoms with van der Waals surface area (Å²) in [5, 5.41) is 20.2. The number of aliphatic carboxylic acids is 1. The third-order valence-electron chi connectivity index (χ3n) is 3.30. The number of anilines is 1. The van der Waals surface area contributed by atoms with E-state index in [1.165, 1.54) is 6.07 Å². The zero-order valence-corrected chi connectivity index (χ0v) is 10.3. The lowest BCUT2D eigenvalue weighted by Gasteiger charge is -2.22. The fourth-order valence-corrected chi connectivity index (χ4v) is 2.38. The number of fused-ring (bicyclic) bond motifs is 1. The Labute approximate surface area is 111 Å². The lowest BCUT2D eigenvalue weighted by molar-refractivity contribution is -0.138. The molecule has 0 amide bonds. The number of halogens is 2. The van der Waals surface area contributed by atoms with Gasteiger partial charge in [0.1, 0.15) is 11.9 Å². The predicted molar refractivity (Wildman–Crippen MR) is 63.7 cm³/mol. The first kappa shape index (κ1) is 12.7. The van der Waals surface area contributed by atoms with Crippen LogP contribution >= 0.6 is 0 Å². The van der Waals surface area contributed by atoms with Crippen LogP contribution in [0.5, 0.6) is 0 Å². The van der Waals surface area contributed by atoms with E-state index in [2.05, 4.69) is 15.3 Å². The van der Waals surface area contributed by atoms with Gasteiger partial charge >= 0.3 is 5.97 Å². The molecule has 3 heterocycles. The zero-order valence-electron chi connectivity index (χ0n) is 10.3. The van der Waals surface area contributed by atoms with Gasteiger partial charge in [0.2, 0.25) is 5.82 Å². The summed E-state index contributed by atoms with van der Waals surface area (Å²) in [6.07, 6.45) is -1.55. The highest BCUT2D eigenvalue weighted by atomic mass is 19.3. The number of hydrogen-bond acceptors (Lipinski definition) is 5. The van der Waals surface area contributed by atoms with Gasteiger partial charge in [0.05, 0.1) is 0 Å². The van der Waals surface area contributed by atoms with Crippen molar-refractivity contribution in [3.8, 4) is 0 Å². The maximum atomic E-state index is 12.8. The summed E-state index contributed by atoms with van der Waals surface area (Å²) in [7, 11) is 0. The molecular formula is C11H11F2N5O2. The van der Waals surface area contributed by atoms with Crippen molar-refractivity contribution in [3.05, 3.63) is 18.0 Å². The van der Waals surface area contributed by atoms with Crippen molar-refractivity contribution in [3.63, 3.8) is 0 Å². The first-order valence-corrected chi connectivity index (χ1v) is 6.08. The minimum atomic E-state index is -2.79. The number of rotatable bonds is 3. The number of hydrogen-bond donors (Lipinski definition) is 1. The van der Waals surface area contributed by atoms with Crippen molar-refractivity contribution in [1.82, 2.24) is 19.8 Å². The van der Waals surface area contributed by atoms with E-state index in [4.69, 9.17) is 5.11 Å². The molecule has 7 nitrogen and oxygen atoms in total. The summed E-state index contributed by atoms with van der Waals surface area (Å²) in [5.41, 5.74) is 0.204. The van der Waals surface area contributed by atoms with Gasteiger partial charge in [-0.2, -0.15) is 4.52 Å². The molecule has 1 fully saturated rings. The second kappa shape index (κ2) is 4.66. The minimum Gasteiger partial charge on any atom is -0.480 e. The molecule has 1 saturated heterocycles. The highest BCUT2D eigenvalue weighted by molar-refractivity contribution is 5.78. The predicted octanol–water partition coefficient (Wildman–Crippen LogP) is 1.12. The molecule has 0 saturated carbocycles. The lowest BCUT2D eigenvalue weighted by Crippen LogP contribution is -2.36. The SMILES string of the molecule is O=C(O)[C@H]1CCCN1c1ccc2nnc(C(F)F)n2n1. The number of carboxylic acid groups (broad SMARTS) is 1. The van der Waals surface area contributed by atoms with E-state index in [0.29, 0.717) is 18.8 Å². The Bertz CT molecular complexity index is 659. The van der Waals surface area contributed by atoms with Crippen LogP contribution in [-0.2, 0) is 4.79 Å². The highest BCUT2D eigenvalue weighted by Gasteiger charge is 2.32. The van der Waals surface area contributed by atoms with Crippen LogP contribution in [0.1, 0.15) is 25.1 Å². The molecule has 0 bridgehead atoms. The van der Waals surface area contributed by atoms with Crippen molar-refractivity contribution in [2.45, 2.75) is 25.3 Å². The summed E-state index contributed by atoms with van der Waals surface area (Å²) in [4.78, 5) is 12.7. The third-order valence-corrected chi connectivity index (χ3v) is 3.30. The second-order valence-corrected chi connectivity index (χ2v) is 4.51. The van der Waals surface area contributed by atoms with Gasteiger partial charge in [-0.1, -0.05) is 0 Å². The van der Waals surface area contributed by atoms with E-state index in [1.54, 1.807) is 11.0 Å². The molecule has 1 N–H and O–H groups in total. The average Bonchev–Trinajstić information content (AvgIpc) is 3.04. The number of carbonyl (C=O) groups is 1. The normalized spacial score (nSPS) is 19.1. The smallest absolute Gasteiger partial charge is 0.326 e. The molecule has 0 aliphatic carbocycles. The summed E-state index contributed by atoms with van der Waals surface area (Å²) in [5.74, 6) is -1.15. The van der Waals surface area contributed by atoms with E-state index >= 15 is 0 Å². The maximum absolute atomic E-state index is 12.8. The first-order chi connectivity index (χ1) is 9.58. The molecule has 0 aromatic carbocycles. The molecule has 0 radical (unpaired) electrons. The molecule has 3 rings (SSSR count). The molecule has 0 spiro atoms. The minimum absolute atomic E-state index is 0.204. The topological polar surface area (TPSA) is 83.6 Å². The van der Waals surface area contributed by atoms with Gasteiger partial charge in [0.15, 0.2) is 5.65 Å². The van der Waals surface area contributed by atoms with Crippen molar-refractivity contribution in [1.29, 1.82) is 0 Å². The first-order valence-electron chi connectivity index (χ1n) is 6.08. The van der Waals surface area contributed by atoms with Crippen molar-refractivity contribution < 1.29 is 18.7 Å². The second-order valence-electron chi connectivity index (χ2n) is 4.51.